The number of urea groups is 2. The number of hydrogen-bond donors (Lipinski definition) is 13. The van der Waals surface area contributed by atoms with Crippen molar-refractivity contribution in [2.24, 2.45) is 10.7 Å². The van der Waals surface area contributed by atoms with Gasteiger partial charge >= 0.3 is 36.3 Å². The first-order valence-electron chi connectivity index (χ1n) is 38.2. The molecule has 6 heterocycles. The quantitative estimate of drug-likeness (QED) is 0.0149. The minimum Gasteiger partial charge on any atom is -0.478 e. The lowest BCUT2D eigenvalue weighted by atomic mass is 10.0. The molecule has 3 unspecified atom stereocenters. The summed E-state index contributed by atoms with van der Waals surface area (Å²) in [5.41, 5.74) is 19.5. The van der Waals surface area contributed by atoms with Gasteiger partial charge in [-0.05, 0) is 206 Å². The molecule has 0 spiro atoms. The molecule has 37 heteroatoms. The van der Waals surface area contributed by atoms with E-state index in [0.717, 1.165) is 27.8 Å². The number of anilines is 6. The SMILES string of the molecule is CC(C)(C)OC(=O)Nc1cccc(C(=O)O)c1.CC(C)(C)OC(=O)Nc1cccc(N=C=O)c1.CC(C)(C)OC(=O)Nc1cccc(NC(=O)NCc2ccc3c(c2)C(=O)N(C2CCC(=O)NC2=O)C3)c1.Cl.NCc1ccc2c(c1)C(=O)N(C1CCC(=O)NC1=O)C2.Nc1cccc(NC(=O)NCc2ccc3c(c2)C(=O)N(C2CCC(=O)NC2=O)C3)c1. The lowest BCUT2D eigenvalue weighted by Crippen LogP contribution is -2.52. The van der Waals surface area contributed by atoms with Gasteiger partial charge in [0, 0.05) is 109 Å². The Hall–Kier alpha value is -14.4. The number of nitrogens with two attached hydrogens (primary N) is 2. The summed E-state index contributed by atoms with van der Waals surface area (Å²) in [7, 11) is 0. The Morgan fingerprint density at radius 3 is 1.15 bits per heavy atom. The lowest BCUT2D eigenvalue weighted by Gasteiger charge is -2.29. The van der Waals surface area contributed by atoms with Gasteiger partial charge in [-0.1, -0.05) is 60.7 Å². The maximum atomic E-state index is 13.0. The van der Waals surface area contributed by atoms with Crippen LogP contribution in [0.1, 0.15) is 176 Å². The number of aliphatic imine (C=N–C) groups is 1. The fraction of sp³-hybridized carbons (Fsp3) is 0.318. The van der Waals surface area contributed by atoms with E-state index in [2.05, 4.69) is 58.2 Å². The molecule has 15 N–H and O–H groups in total. The summed E-state index contributed by atoms with van der Waals surface area (Å²) in [5, 5.41) is 34.2. The molecule has 642 valence electrons. The van der Waals surface area contributed by atoms with E-state index in [1.807, 2.05) is 30.3 Å². The number of ether oxygens (including phenoxy) is 3. The number of nitrogens with zero attached hydrogens (tertiary/aromatic N) is 4. The molecule has 6 aliphatic heterocycles. The minimum absolute atomic E-state index is 0. The van der Waals surface area contributed by atoms with Gasteiger partial charge in [0.25, 0.3) is 17.7 Å². The number of nitrogen functional groups attached to an aromatic ring is 1. The number of carboxylic acids is 1. The highest BCUT2D eigenvalue weighted by Crippen LogP contribution is 2.33. The zero-order valence-corrected chi connectivity index (χ0v) is 69.0. The van der Waals surface area contributed by atoms with Crippen molar-refractivity contribution >= 4 is 148 Å². The van der Waals surface area contributed by atoms with Crippen LogP contribution in [0.25, 0.3) is 0 Å². The molecule has 36 nitrogen and oxygen atoms in total. The summed E-state index contributed by atoms with van der Waals surface area (Å²) < 4.78 is 15.4. The maximum absolute atomic E-state index is 13.0. The molecule has 0 bridgehead atoms. The second-order valence-corrected chi connectivity index (χ2v) is 31.2. The largest absolute Gasteiger partial charge is 0.478 e. The number of piperidine rings is 3. The Morgan fingerprint density at radius 2 is 0.787 bits per heavy atom. The predicted octanol–water partition coefficient (Wildman–Crippen LogP) is 10.5. The number of carboxylic acid groups (broad SMARTS) is 1. The fourth-order valence-electron chi connectivity index (χ4n) is 12.9. The number of fused-ring (bicyclic) bond motifs is 3. The van der Waals surface area contributed by atoms with E-state index in [9.17, 15) is 76.7 Å². The van der Waals surface area contributed by atoms with Crippen LogP contribution >= 0.6 is 12.4 Å². The molecular formula is C85H95ClN16O20. The number of nitrogens with one attached hydrogen (secondary N) is 10. The van der Waals surface area contributed by atoms with Gasteiger partial charge in [-0.2, -0.15) is 4.99 Å². The third-order valence-corrected chi connectivity index (χ3v) is 18.3. The predicted molar refractivity (Wildman–Crippen MR) is 449 cm³/mol. The first-order chi connectivity index (χ1) is 57.2. The normalized spacial score (nSPS) is 16.2. The second kappa shape index (κ2) is 41.3. The molecular weight excluding hydrogens is 1600 g/mol. The van der Waals surface area contributed by atoms with Crippen molar-refractivity contribution in [1.82, 2.24) is 41.3 Å². The van der Waals surface area contributed by atoms with Gasteiger partial charge in [-0.25, -0.2) is 33.6 Å². The van der Waals surface area contributed by atoms with Crippen molar-refractivity contribution in [1.29, 1.82) is 0 Å². The van der Waals surface area contributed by atoms with Crippen LogP contribution in [0, 0.1) is 0 Å². The molecule has 13 rings (SSSR count). The van der Waals surface area contributed by atoms with E-state index in [-0.39, 0.29) is 91.7 Å². The molecule has 7 aromatic carbocycles. The highest BCUT2D eigenvalue weighted by Gasteiger charge is 2.42. The average Bonchev–Trinajstić information content (AvgIpc) is 1.64. The van der Waals surface area contributed by atoms with Gasteiger partial charge in [0.2, 0.25) is 41.5 Å². The van der Waals surface area contributed by atoms with Crippen LogP contribution in [0.4, 0.5) is 63.8 Å². The van der Waals surface area contributed by atoms with Crippen LogP contribution in [-0.4, -0.2) is 150 Å². The minimum atomic E-state index is -1.04. The summed E-state index contributed by atoms with van der Waals surface area (Å²) >= 11 is 0. The summed E-state index contributed by atoms with van der Waals surface area (Å²) in [5.74, 6) is -3.93. The highest BCUT2D eigenvalue weighted by atomic mass is 35.5. The average molecular weight is 1700 g/mol. The second-order valence-electron chi connectivity index (χ2n) is 31.2. The van der Waals surface area contributed by atoms with E-state index in [0.29, 0.717) is 108 Å². The Labute approximate surface area is 707 Å². The van der Waals surface area contributed by atoms with E-state index in [1.165, 1.54) is 32.9 Å². The van der Waals surface area contributed by atoms with Gasteiger partial charge in [-0.3, -0.25) is 75.1 Å². The molecule has 0 saturated carbocycles. The van der Waals surface area contributed by atoms with Crippen molar-refractivity contribution in [2.75, 3.05) is 32.3 Å². The Bertz CT molecular complexity index is 5190. The smallest absolute Gasteiger partial charge is 0.412 e. The molecule has 16 amide bonds. The van der Waals surface area contributed by atoms with Crippen LogP contribution in [-0.2, 0) is 87.0 Å². The summed E-state index contributed by atoms with van der Waals surface area (Å²) in [4.78, 5) is 197. The molecule has 3 saturated heterocycles. The lowest BCUT2D eigenvalue weighted by molar-refractivity contribution is -0.138. The van der Waals surface area contributed by atoms with E-state index < -0.39 is 83.1 Å². The molecule has 0 aliphatic carbocycles. The third kappa shape index (κ3) is 27.3. The number of imide groups is 3. The van der Waals surface area contributed by atoms with Gasteiger partial charge < -0.3 is 66.8 Å². The number of amides is 16. The van der Waals surface area contributed by atoms with E-state index >= 15 is 0 Å². The number of aromatic carboxylic acids is 1. The fourth-order valence-corrected chi connectivity index (χ4v) is 12.9. The summed E-state index contributed by atoms with van der Waals surface area (Å²) in [6.07, 6.45) is 1.36. The van der Waals surface area contributed by atoms with Crippen molar-refractivity contribution in [3.8, 4) is 0 Å². The first-order valence-corrected chi connectivity index (χ1v) is 38.2. The van der Waals surface area contributed by atoms with Crippen LogP contribution in [0.2, 0.25) is 0 Å². The van der Waals surface area contributed by atoms with Gasteiger partial charge in [0.1, 0.15) is 34.9 Å². The molecule has 0 radical (unpaired) electrons. The van der Waals surface area contributed by atoms with Gasteiger partial charge in [0.15, 0.2) is 0 Å². The van der Waals surface area contributed by atoms with Crippen molar-refractivity contribution in [3.63, 3.8) is 0 Å². The van der Waals surface area contributed by atoms with Crippen LogP contribution in [0.3, 0.4) is 0 Å². The standard InChI is InChI=1S/C26H29N5O6.C21H21N5O4.C14H15N3O3.C12H14N2O3.C12H15NO4.ClH/c1-26(2,3)37-25(36)29-18-6-4-5-17(12-18)28-24(35)27-13-15-7-8-16-14-31(23(34)19(16)11-15)20-9-10-21(32)30-22(20)33;22-14-2-1-3-15(9-14)24-21(30)23-10-12-4-5-13-11-26(20(29)16(13)8-12)17-6-7-18(27)25-19(17)28;15-6-8-1-2-9-7-17(14(20)10(9)5-8)11-3-4-12(18)16-13(11)19;1-12(2,3)17-11(16)14-10-6-4-5-9(7-10)13-8-15;1-12(2,3)17-11(16)13-9-6-4-5-8(7-9)10(14)15;/h4-8,11-12,20H,9-10,13-14H2,1-3H3,(H,29,36)(H2,27,28,35)(H,30,32,33);1-5,8-9,17H,6-7,10-11,22H2,(H2,23,24,30)(H,25,27,28);1-2,5,11H,3-4,6-7,15H2,(H,16,18,19);4-7H,1-3H3,(H,14,16);4-7H,1-3H3,(H,13,16)(H,14,15);1H. The third-order valence-electron chi connectivity index (χ3n) is 18.3. The molecule has 0 aromatic heterocycles. The monoisotopic (exact) mass is 1690 g/mol. The number of carbonyl (C=O) groups is 15. The summed E-state index contributed by atoms with van der Waals surface area (Å²) in [6.45, 7) is 17.7. The maximum Gasteiger partial charge on any atom is 0.412 e. The van der Waals surface area contributed by atoms with E-state index in [4.69, 9.17) is 30.8 Å². The molecule has 122 heavy (non-hydrogen) atoms. The highest BCUT2D eigenvalue weighted by molar-refractivity contribution is 6.08. The first kappa shape index (κ1) is 93.1. The van der Waals surface area contributed by atoms with Gasteiger partial charge in [0.05, 0.1) is 11.3 Å². The van der Waals surface area contributed by atoms with Crippen molar-refractivity contribution < 1.29 is 96.0 Å². The Kier molecular flexibility index (Phi) is 31.6. The molecule has 6 aliphatic rings. The molecule has 7 aromatic rings. The number of carbonyl (C=O) groups excluding carboxylic acids is 15. The number of isocyanates is 1. The molecule has 3 fully saturated rings. The number of benzene rings is 7. The topological polar surface area (TPSA) is 515 Å². The zero-order chi connectivity index (χ0) is 88.2. The van der Waals surface area contributed by atoms with E-state index in [1.54, 1.807) is 172 Å². The van der Waals surface area contributed by atoms with Crippen LogP contribution in [0.15, 0.2) is 157 Å². The van der Waals surface area contributed by atoms with Gasteiger partial charge in [-0.15, -0.1) is 12.4 Å². The number of halogens is 1. The zero-order valence-electron chi connectivity index (χ0n) is 68.2. The van der Waals surface area contributed by atoms with Crippen LogP contribution < -0.4 is 64.6 Å². The summed E-state index contributed by atoms with van der Waals surface area (Å²) in [6, 6.07) is 39.5. The number of rotatable bonds is 15. The van der Waals surface area contributed by atoms with Crippen molar-refractivity contribution in [2.45, 2.75) is 175 Å². The Morgan fingerprint density at radius 1 is 0.451 bits per heavy atom. The Balaban J connectivity index is 0.000000196. The molecule has 3 atom stereocenters. The van der Waals surface area contributed by atoms with Crippen LogP contribution in [0.5, 0.6) is 0 Å². The van der Waals surface area contributed by atoms with Crippen molar-refractivity contribution in [3.05, 3.63) is 207 Å². The number of hydrogen-bond acceptors (Lipinski definition) is 22.